The number of anilines is 1. The van der Waals surface area contributed by atoms with E-state index >= 15 is 0 Å². The van der Waals surface area contributed by atoms with Crippen molar-refractivity contribution in [1.29, 1.82) is 0 Å². The molecular formula is C15H10Cl4F3N3O. The van der Waals surface area contributed by atoms with E-state index in [0.29, 0.717) is 0 Å². The van der Waals surface area contributed by atoms with Crippen LogP contribution in [0.4, 0.5) is 18.9 Å². The maximum atomic E-state index is 12.7. The summed E-state index contributed by atoms with van der Waals surface area (Å²) < 4.78 is 36.1. The number of halogens is 7. The fourth-order valence-corrected chi connectivity index (χ4v) is 2.44. The smallest absolute Gasteiger partial charge is 0.361 e. The Morgan fingerprint density at radius 3 is 2.35 bits per heavy atom. The zero-order valence-electron chi connectivity index (χ0n) is 12.6. The molecule has 2 N–H and O–H groups in total. The van der Waals surface area contributed by atoms with Crippen LogP contribution in [0.5, 0.6) is 0 Å². The zero-order valence-corrected chi connectivity index (χ0v) is 15.6. The van der Waals surface area contributed by atoms with Crippen molar-refractivity contribution in [2.24, 2.45) is 0 Å². The highest BCUT2D eigenvalue weighted by molar-refractivity contribution is 6.68. The average molecular weight is 447 g/mol. The van der Waals surface area contributed by atoms with E-state index in [1.54, 1.807) is 6.07 Å². The molecule has 0 fully saturated rings. The molecule has 0 bridgehead atoms. The summed E-state index contributed by atoms with van der Waals surface area (Å²) in [7, 11) is 0. The van der Waals surface area contributed by atoms with Crippen molar-refractivity contribution in [3.63, 3.8) is 0 Å². The van der Waals surface area contributed by atoms with Crippen molar-refractivity contribution in [3.8, 4) is 0 Å². The topological polar surface area (TPSA) is 54.0 Å². The molecular weight excluding hydrogens is 437 g/mol. The van der Waals surface area contributed by atoms with Crippen molar-refractivity contribution in [3.05, 3.63) is 58.9 Å². The zero-order chi connectivity index (χ0) is 19.5. The van der Waals surface area contributed by atoms with Gasteiger partial charge >= 0.3 is 6.18 Å². The summed E-state index contributed by atoms with van der Waals surface area (Å²) >= 11 is 23.4. The van der Waals surface area contributed by atoms with Gasteiger partial charge in [0.2, 0.25) is 3.79 Å². The van der Waals surface area contributed by atoms with Crippen LogP contribution in [-0.2, 0) is 6.18 Å². The molecule has 1 aromatic carbocycles. The van der Waals surface area contributed by atoms with Gasteiger partial charge in [-0.15, -0.1) is 0 Å². The van der Waals surface area contributed by atoms with E-state index in [4.69, 9.17) is 46.4 Å². The molecule has 0 spiro atoms. The molecule has 0 aliphatic rings. The summed E-state index contributed by atoms with van der Waals surface area (Å²) in [5, 5.41) is 4.79. The van der Waals surface area contributed by atoms with Crippen LogP contribution in [0.25, 0.3) is 0 Å². The fourth-order valence-electron chi connectivity index (χ4n) is 1.88. The van der Waals surface area contributed by atoms with E-state index in [2.05, 4.69) is 15.6 Å². The highest BCUT2D eigenvalue weighted by Gasteiger charge is 2.35. The highest BCUT2D eigenvalue weighted by atomic mass is 35.6. The first kappa shape index (κ1) is 20.9. The van der Waals surface area contributed by atoms with E-state index in [1.165, 1.54) is 18.5 Å². The molecule has 0 radical (unpaired) electrons. The maximum Gasteiger partial charge on any atom is 0.416 e. The Kier molecular flexibility index (Phi) is 6.50. The van der Waals surface area contributed by atoms with Gasteiger partial charge in [0.25, 0.3) is 5.91 Å². The Labute approximate surface area is 166 Å². The Balaban J connectivity index is 2.23. The normalized spacial score (nSPS) is 13.2. The van der Waals surface area contributed by atoms with Crippen molar-refractivity contribution in [2.45, 2.75) is 16.1 Å². The van der Waals surface area contributed by atoms with Gasteiger partial charge in [-0.05, 0) is 30.3 Å². The number of alkyl halides is 6. The number of hydrogen-bond donors (Lipinski definition) is 2. The molecule has 1 heterocycles. The number of carbonyl (C=O) groups excluding carboxylic acids is 1. The molecule has 1 aromatic heterocycles. The van der Waals surface area contributed by atoms with Gasteiger partial charge in [0.05, 0.1) is 21.8 Å². The number of amides is 1. The van der Waals surface area contributed by atoms with Gasteiger partial charge in [-0.1, -0.05) is 46.4 Å². The lowest BCUT2D eigenvalue weighted by atomic mass is 10.2. The minimum absolute atomic E-state index is 0.0440. The van der Waals surface area contributed by atoms with E-state index in [1.807, 2.05) is 0 Å². The molecule has 26 heavy (non-hydrogen) atoms. The van der Waals surface area contributed by atoms with Gasteiger partial charge in [0.1, 0.15) is 6.17 Å². The first-order valence-corrected chi connectivity index (χ1v) is 8.40. The molecule has 11 heteroatoms. The van der Waals surface area contributed by atoms with Crippen LogP contribution in [0.15, 0.2) is 42.7 Å². The van der Waals surface area contributed by atoms with Crippen LogP contribution in [0.3, 0.4) is 0 Å². The Morgan fingerprint density at radius 1 is 1.15 bits per heavy atom. The van der Waals surface area contributed by atoms with Gasteiger partial charge in [-0.25, -0.2) is 0 Å². The molecule has 0 saturated heterocycles. The van der Waals surface area contributed by atoms with Gasteiger partial charge in [-0.3, -0.25) is 9.78 Å². The Hall–Kier alpha value is -1.41. The van der Waals surface area contributed by atoms with Gasteiger partial charge in [0.15, 0.2) is 0 Å². The van der Waals surface area contributed by atoms with Gasteiger partial charge in [0, 0.05) is 12.4 Å². The van der Waals surface area contributed by atoms with Gasteiger partial charge < -0.3 is 10.6 Å². The molecule has 4 nitrogen and oxygen atoms in total. The quantitative estimate of drug-likeness (QED) is 0.495. The summed E-state index contributed by atoms with van der Waals surface area (Å²) in [6.45, 7) is 0. The van der Waals surface area contributed by atoms with Crippen LogP contribution in [0, 0.1) is 0 Å². The Bertz CT molecular complexity index is 782. The number of benzene rings is 1. The number of nitrogens with zero attached hydrogens (tertiary/aromatic N) is 1. The Morgan fingerprint density at radius 2 is 1.85 bits per heavy atom. The lowest BCUT2D eigenvalue weighted by Crippen LogP contribution is -2.49. The largest absolute Gasteiger partial charge is 0.416 e. The maximum absolute atomic E-state index is 12.7. The van der Waals surface area contributed by atoms with Gasteiger partial charge in [-0.2, -0.15) is 13.2 Å². The fraction of sp³-hybridized carbons (Fsp3) is 0.200. The standard InChI is InChI=1S/C15H10Cl4F3N3O/c16-10-6-9(15(20,21)22)3-4-11(10)24-13(14(17,18)19)25-12(26)8-2-1-5-23-7-8/h1-7,13,24H,(H,25,26)/t13-/m1/s1. The van der Waals surface area contributed by atoms with E-state index in [9.17, 15) is 18.0 Å². The number of rotatable bonds is 4. The van der Waals surface area contributed by atoms with Crippen LogP contribution < -0.4 is 10.6 Å². The lowest BCUT2D eigenvalue weighted by molar-refractivity contribution is -0.137. The summed E-state index contributed by atoms with van der Waals surface area (Å²) in [5.41, 5.74) is -0.688. The third-order valence-electron chi connectivity index (χ3n) is 3.12. The monoisotopic (exact) mass is 445 g/mol. The van der Waals surface area contributed by atoms with Crippen molar-refractivity contribution in [2.75, 3.05) is 5.32 Å². The third kappa shape index (κ3) is 5.54. The minimum atomic E-state index is -4.55. The molecule has 0 aliphatic carbocycles. The van der Waals surface area contributed by atoms with E-state index < -0.39 is 27.6 Å². The summed E-state index contributed by atoms with van der Waals surface area (Å²) in [6.07, 6.45) is -3.06. The van der Waals surface area contributed by atoms with E-state index in [0.717, 1.165) is 18.2 Å². The summed E-state index contributed by atoms with van der Waals surface area (Å²) in [6, 6.07) is 5.64. The van der Waals surface area contributed by atoms with Crippen LogP contribution >= 0.6 is 46.4 Å². The highest BCUT2D eigenvalue weighted by Crippen LogP contribution is 2.36. The second kappa shape index (κ2) is 8.08. The molecule has 2 rings (SSSR count). The molecule has 0 aliphatic heterocycles. The van der Waals surface area contributed by atoms with Crippen LogP contribution in [0.1, 0.15) is 15.9 Å². The lowest BCUT2D eigenvalue weighted by Gasteiger charge is -2.28. The third-order valence-corrected chi connectivity index (χ3v) is 4.09. The molecule has 140 valence electrons. The molecule has 0 saturated carbocycles. The molecule has 1 atom stereocenters. The predicted molar refractivity (Wildman–Crippen MR) is 95.9 cm³/mol. The summed E-state index contributed by atoms with van der Waals surface area (Å²) in [4.78, 5) is 16.0. The SMILES string of the molecule is O=C(N[C@@H](Nc1ccc(C(F)(F)F)cc1Cl)C(Cl)(Cl)Cl)c1cccnc1. The first-order valence-electron chi connectivity index (χ1n) is 6.89. The van der Waals surface area contributed by atoms with Crippen molar-refractivity contribution >= 4 is 58.0 Å². The minimum Gasteiger partial charge on any atom is -0.361 e. The average Bonchev–Trinajstić information content (AvgIpc) is 2.54. The second-order valence-electron chi connectivity index (χ2n) is 5.03. The predicted octanol–water partition coefficient (Wildman–Crippen LogP) is 5.29. The molecule has 2 aromatic rings. The number of hydrogen-bond acceptors (Lipinski definition) is 3. The summed E-state index contributed by atoms with van der Waals surface area (Å²) in [5.74, 6) is -0.607. The van der Waals surface area contributed by atoms with E-state index in [-0.39, 0.29) is 16.3 Å². The number of nitrogens with one attached hydrogen (secondary N) is 2. The van der Waals surface area contributed by atoms with Crippen LogP contribution in [0.2, 0.25) is 5.02 Å². The molecule has 1 amide bonds. The first-order chi connectivity index (χ1) is 12.0. The molecule has 0 unspecified atom stereocenters. The van der Waals surface area contributed by atoms with Crippen molar-refractivity contribution < 1.29 is 18.0 Å². The number of aromatic nitrogens is 1. The van der Waals surface area contributed by atoms with Crippen molar-refractivity contribution in [1.82, 2.24) is 10.3 Å². The number of pyridine rings is 1. The number of carbonyl (C=O) groups is 1. The second-order valence-corrected chi connectivity index (χ2v) is 7.80. The van der Waals surface area contributed by atoms with Crippen LogP contribution in [-0.4, -0.2) is 20.8 Å².